The van der Waals surface area contributed by atoms with Gasteiger partial charge in [0.05, 0.1) is 17.4 Å². The van der Waals surface area contributed by atoms with Gasteiger partial charge in [0.15, 0.2) is 0 Å². The van der Waals surface area contributed by atoms with Gasteiger partial charge < -0.3 is 21.5 Å². The van der Waals surface area contributed by atoms with Crippen molar-refractivity contribution in [2.24, 2.45) is 0 Å². The lowest BCUT2D eigenvalue weighted by Crippen LogP contribution is -2.32. The van der Waals surface area contributed by atoms with E-state index in [-0.39, 0.29) is 42.2 Å². The Morgan fingerprint density at radius 1 is 0.884 bits per heavy atom. The van der Waals surface area contributed by atoms with Gasteiger partial charge in [-0.2, -0.15) is 0 Å². The zero-order valence-corrected chi connectivity index (χ0v) is 25.6. The molecule has 6 N–H and O–H groups in total. The zero-order valence-electron chi connectivity index (χ0n) is 23.9. The predicted octanol–water partition coefficient (Wildman–Crippen LogP) is 3.68. The molecular formula is C32H38ClN5O4S. The summed E-state index contributed by atoms with van der Waals surface area (Å²) in [5.41, 5.74) is 9.97. The molecule has 0 aliphatic heterocycles. The fourth-order valence-corrected chi connectivity index (χ4v) is 5.45. The molecule has 0 bridgehead atoms. The topological polar surface area (TPSA) is 146 Å². The number of halogens is 1. The number of carbonyl (C=O) groups is 1. The van der Waals surface area contributed by atoms with Crippen molar-refractivity contribution in [2.75, 3.05) is 12.3 Å². The molecule has 9 nitrogen and oxygen atoms in total. The molecule has 4 aromatic rings. The number of hydrogen-bond acceptors (Lipinski definition) is 7. The molecular weight excluding hydrogens is 586 g/mol. The maximum Gasteiger partial charge on any atom is 0.240 e. The van der Waals surface area contributed by atoms with Crippen LogP contribution in [0.3, 0.4) is 0 Å². The highest BCUT2D eigenvalue weighted by Crippen LogP contribution is 2.14. The monoisotopic (exact) mass is 623 g/mol. The molecule has 2 atom stereocenters. The first kappa shape index (κ1) is 33.7. The van der Waals surface area contributed by atoms with E-state index in [9.17, 15) is 18.3 Å². The van der Waals surface area contributed by atoms with Crippen LogP contribution in [0.5, 0.6) is 0 Å². The number of sulfonamides is 1. The molecule has 0 radical (unpaired) electrons. The summed E-state index contributed by atoms with van der Waals surface area (Å²) in [4.78, 5) is 16.8. The number of aromatic nitrogens is 1. The van der Waals surface area contributed by atoms with Gasteiger partial charge >= 0.3 is 0 Å². The maximum atomic E-state index is 12.6. The van der Waals surface area contributed by atoms with Gasteiger partial charge in [-0.1, -0.05) is 72.8 Å². The van der Waals surface area contributed by atoms with Crippen LogP contribution in [0.1, 0.15) is 40.8 Å². The lowest BCUT2D eigenvalue weighted by molar-refractivity contribution is -0.120. The quantitative estimate of drug-likeness (QED) is 0.144. The smallest absolute Gasteiger partial charge is 0.240 e. The summed E-state index contributed by atoms with van der Waals surface area (Å²) in [6.45, 7) is 2.93. The largest absolute Gasteiger partial charge is 0.387 e. The minimum absolute atomic E-state index is 0. The van der Waals surface area contributed by atoms with E-state index in [1.807, 2.05) is 61.5 Å². The third-order valence-corrected chi connectivity index (χ3v) is 8.20. The number of carbonyl (C=O) groups excluding carboxylic acids is 1. The van der Waals surface area contributed by atoms with Gasteiger partial charge in [-0.3, -0.25) is 4.79 Å². The minimum atomic E-state index is -3.64. The van der Waals surface area contributed by atoms with Crippen LogP contribution < -0.4 is 21.1 Å². The first-order chi connectivity index (χ1) is 20.2. The number of anilines is 1. The highest BCUT2D eigenvalue weighted by Gasteiger charge is 2.14. The van der Waals surface area contributed by atoms with Crippen molar-refractivity contribution in [1.29, 1.82) is 0 Å². The number of nitrogen functional groups attached to an aromatic ring is 1. The van der Waals surface area contributed by atoms with Crippen LogP contribution in [0, 0.1) is 0 Å². The molecule has 4 rings (SSSR count). The molecule has 0 aliphatic carbocycles. The molecule has 0 saturated carbocycles. The number of aliphatic hydroxyl groups is 1. The molecule has 0 aliphatic rings. The summed E-state index contributed by atoms with van der Waals surface area (Å²) in [6, 6.07) is 27.2. The first-order valence-corrected chi connectivity index (χ1v) is 15.3. The number of pyridine rings is 1. The molecule has 3 aromatic carbocycles. The van der Waals surface area contributed by atoms with Gasteiger partial charge in [-0.25, -0.2) is 18.1 Å². The normalized spacial score (nSPS) is 12.6. The highest BCUT2D eigenvalue weighted by atomic mass is 35.5. The summed E-state index contributed by atoms with van der Waals surface area (Å²) in [5, 5.41) is 16.6. The van der Waals surface area contributed by atoms with Gasteiger partial charge in [-0.15, -0.1) is 12.4 Å². The summed E-state index contributed by atoms with van der Waals surface area (Å²) >= 11 is 0. The molecule has 43 heavy (non-hydrogen) atoms. The molecule has 1 heterocycles. The van der Waals surface area contributed by atoms with Crippen LogP contribution in [-0.2, 0) is 40.7 Å². The van der Waals surface area contributed by atoms with Crippen LogP contribution in [0.15, 0.2) is 102 Å². The van der Waals surface area contributed by atoms with Gasteiger partial charge in [-0.05, 0) is 53.8 Å². The Morgan fingerprint density at radius 3 is 2.26 bits per heavy atom. The Balaban J connectivity index is 0.00000506. The van der Waals surface area contributed by atoms with Crippen molar-refractivity contribution in [3.63, 3.8) is 0 Å². The van der Waals surface area contributed by atoms with Crippen molar-refractivity contribution in [2.45, 2.75) is 49.9 Å². The second kappa shape index (κ2) is 16.2. The maximum absolute atomic E-state index is 12.6. The van der Waals surface area contributed by atoms with Crippen LogP contribution in [-0.4, -0.2) is 37.0 Å². The lowest BCUT2D eigenvalue weighted by atomic mass is 10.0. The Morgan fingerprint density at radius 2 is 1.56 bits per heavy atom. The third kappa shape index (κ3) is 10.8. The first-order valence-electron chi connectivity index (χ1n) is 13.8. The number of nitrogens with one attached hydrogen (secondary N) is 3. The SMILES string of the molecule is C[C@H](Cc1cccc(CC(=O)NCc2ccc(S(=O)(=O)NCc3ccccc3)cc2)c1)NC[C@@H](O)c1ccc(N)nc1.Cl. The number of aliphatic hydroxyl groups excluding tert-OH is 1. The second-order valence-corrected chi connectivity index (χ2v) is 12.0. The number of amides is 1. The Kier molecular flexibility index (Phi) is 12.7. The number of benzene rings is 3. The average molecular weight is 624 g/mol. The molecule has 228 valence electrons. The van der Waals surface area contributed by atoms with Gasteiger partial charge in [0.1, 0.15) is 5.82 Å². The van der Waals surface area contributed by atoms with Crippen molar-refractivity contribution in [1.82, 2.24) is 20.3 Å². The number of hydrogen-bond donors (Lipinski definition) is 5. The molecule has 0 saturated heterocycles. The van der Waals surface area contributed by atoms with Crippen LogP contribution in [0.25, 0.3) is 0 Å². The molecule has 0 fully saturated rings. The van der Waals surface area contributed by atoms with E-state index in [2.05, 4.69) is 20.3 Å². The van der Waals surface area contributed by atoms with Crippen molar-refractivity contribution in [3.05, 3.63) is 125 Å². The van der Waals surface area contributed by atoms with E-state index in [1.165, 1.54) is 0 Å². The molecule has 1 aromatic heterocycles. The highest BCUT2D eigenvalue weighted by molar-refractivity contribution is 7.89. The van der Waals surface area contributed by atoms with Crippen molar-refractivity contribution < 1.29 is 18.3 Å². The Hall–Kier alpha value is -3.80. The van der Waals surface area contributed by atoms with Crippen molar-refractivity contribution in [3.8, 4) is 0 Å². The third-order valence-electron chi connectivity index (χ3n) is 6.78. The van der Waals surface area contributed by atoms with E-state index in [0.29, 0.717) is 24.5 Å². The summed E-state index contributed by atoms with van der Waals surface area (Å²) in [6.07, 6.45) is 1.85. The zero-order chi connectivity index (χ0) is 30.0. The van der Waals surface area contributed by atoms with E-state index >= 15 is 0 Å². The van der Waals surface area contributed by atoms with Crippen LogP contribution in [0.2, 0.25) is 0 Å². The fraction of sp³-hybridized carbons (Fsp3) is 0.250. The number of rotatable bonds is 14. The molecule has 0 spiro atoms. The van der Waals surface area contributed by atoms with Gasteiger partial charge in [0.2, 0.25) is 15.9 Å². The number of nitrogens with two attached hydrogens (primary N) is 1. The average Bonchev–Trinajstić information content (AvgIpc) is 2.99. The predicted molar refractivity (Wildman–Crippen MR) is 171 cm³/mol. The van der Waals surface area contributed by atoms with Crippen molar-refractivity contribution >= 4 is 34.2 Å². The second-order valence-electron chi connectivity index (χ2n) is 10.3. The molecule has 1 amide bonds. The fourth-order valence-electron chi connectivity index (χ4n) is 4.43. The summed E-state index contributed by atoms with van der Waals surface area (Å²) < 4.78 is 27.8. The molecule has 0 unspecified atom stereocenters. The number of nitrogens with zero attached hydrogens (tertiary/aromatic N) is 1. The van der Waals surface area contributed by atoms with Crippen LogP contribution in [0.4, 0.5) is 5.82 Å². The van der Waals surface area contributed by atoms with E-state index in [1.54, 1.807) is 42.6 Å². The summed E-state index contributed by atoms with van der Waals surface area (Å²) in [7, 11) is -3.64. The summed E-state index contributed by atoms with van der Waals surface area (Å²) in [5.74, 6) is 0.287. The minimum Gasteiger partial charge on any atom is -0.387 e. The Labute approximate surface area is 259 Å². The lowest BCUT2D eigenvalue weighted by Gasteiger charge is -2.18. The Bertz CT molecular complexity index is 1550. The van der Waals surface area contributed by atoms with E-state index in [0.717, 1.165) is 28.7 Å². The van der Waals surface area contributed by atoms with E-state index < -0.39 is 16.1 Å². The van der Waals surface area contributed by atoms with Gasteiger partial charge in [0.25, 0.3) is 0 Å². The van der Waals surface area contributed by atoms with E-state index in [4.69, 9.17) is 5.73 Å². The van der Waals surface area contributed by atoms with Gasteiger partial charge in [0, 0.05) is 37.4 Å². The molecule has 11 heteroatoms. The van der Waals surface area contributed by atoms with Crippen LogP contribution >= 0.6 is 12.4 Å². The standard InChI is InChI=1S/C32H37N5O4S.ClH/c1-23(34-22-30(38)28-12-15-31(33)35-21-28)16-26-8-5-9-27(17-26)18-32(39)36-19-25-10-13-29(14-11-25)42(40,41)37-20-24-6-3-2-4-7-24;/h2-15,17,21,23,30,34,37-38H,16,18-20,22H2,1H3,(H2,33,35)(H,36,39);1H/t23-,30-;/m1./s1.